The van der Waals surface area contributed by atoms with Gasteiger partial charge < -0.3 is 15.0 Å². The quantitative estimate of drug-likeness (QED) is 0.937. The molecule has 2 heterocycles. The lowest BCUT2D eigenvalue weighted by molar-refractivity contribution is -0.119. The SMILES string of the molecule is O=C(Nc1ccccc1)C1CCCN1C(=O)c1ccc2c(c1)COC2. The Morgan fingerprint density at radius 1 is 1.04 bits per heavy atom. The van der Waals surface area contributed by atoms with Gasteiger partial charge in [0.2, 0.25) is 5.91 Å². The summed E-state index contributed by atoms with van der Waals surface area (Å²) in [7, 11) is 0. The van der Waals surface area contributed by atoms with Crippen LogP contribution in [0.15, 0.2) is 48.5 Å². The predicted octanol–water partition coefficient (Wildman–Crippen LogP) is 2.96. The van der Waals surface area contributed by atoms with Gasteiger partial charge in [-0.3, -0.25) is 9.59 Å². The van der Waals surface area contributed by atoms with E-state index in [0.29, 0.717) is 31.7 Å². The van der Waals surface area contributed by atoms with Gasteiger partial charge >= 0.3 is 0 Å². The normalized spacial score (nSPS) is 18.9. The number of benzene rings is 2. The highest BCUT2D eigenvalue weighted by molar-refractivity contribution is 6.01. The van der Waals surface area contributed by atoms with Crippen LogP contribution in [0.5, 0.6) is 0 Å². The van der Waals surface area contributed by atoms with E-state index < -0.39 is 6.04 Å². The number of fused-ring (bicyclic) bond motifs is 1. The summed E-state index contributed by atoms with van der Waals surface area (Å²) < 4.78 is 5.41. The lowest BCUT2D eigenvalue weighted by Crippen LogP contribution is -2.43. The third-order valence-electron chi connectivity index (χ3n) is 4.83. The molecule has 1 N–H and O–H groups in total. The van der Waals surface area contributed by atoms with Gasteiger partial charge in [0, 0.05) is 17.8 Å². The molecule has 2 aliphatic rings. The Labute approximate surface area is 146 Å². The number of amides is 2. The number of nitrogens with one attached hydrogen (secondary N) is 1. The standard InChI is InChI=1S/C20H20N2O3/c23-19(21-17-5-2-1-3-6-17)18-7-4-10-22(18)20(24)14-8-9-15-12-25-13-16(15)11-14/h1-3,5-6,8-9,11,18H,4,7,10,12-13H2,(H,21,23). The smallest absolute Gasteiger partial charge is 0.254 e. The lowest BCUT2D eigenvalue weighted by atomic mass is 10.1. The molecule has 0 spiro atoms. The van der Waals surface area contributed by atoms with Crippen molar-refractivity contribution in [3.8, 4) is 0 Å². The minimum absolute atomic E-state index is 0.0830. The third kappa shape index (κ3) is 3.15. The van der Waals surface area contributed by atoms with Gasteiger partial charge in [0.15, 0.2) is 0 Å². The predicted molar refractivity (Wildman–Crippen MR) is 94.1 cm³/mol. The van der Waals surface area contributed by atoms with Crippen LogP contribution >= 0.6 is 0 Å². The van der Waals surface area contributed by atoms with Crippen molar-refractivity contribution in [2.24, 2.45) is 0 Å². The summed E-state index contributed by atoms with van der Waals surface area (Å²) in [6.07, 6.45) is 1.53. The molecule has 4 rings (SSSR count). The highest BCUT2D eigenvalue weighted by atomic mass is 16.5. The lowest BCUT2D eigenvalue weighted by Gasteiger charge is -2.24. The zero-order valence-corrected chi connectivity index (χ0v) is 13.9. The summed E-state index contributed by atoms with van der Waals surface area (Å²) in [6.45, 7) is 1.77. The van der Waals surface area contributed by atoms with Crippen LogP contribution < -0.4 is 5.32 Å². The summed E-state index contributed by atoms with van der Waals surface area (Å²) >= 11 is 0. The summed E-state index contributed by atoms with van der Waals surface area (Å²) in [4.78, 5) is 27.2. The molecule has 2 aliphatic heterocycles. The molecule has 0 bridgehead atoms. The van der Waals surface area contributed by atoms with E-state index in [4.69, 9.17) is 4.74 Å². The van der Waals surface area contributed by atoms with Gasteiger partial charge in [-0.2, -0.15) is 0 Å². The summed E-state index contributed by atoms with van der Waals surface area (Å²) in [5, 5.41) is 2.91. The number of likely N-dealkylation sites (tertiary alicyclic amines) is 1. The number of para-hydroxylation sites is 1. The third-order valence-corrected chi connectivity index (χ3v) is 4.83. The maximum absolute atomic E-state index is 12.9. The van der Waals surface area contributed by atoms with E-state index in [-0.39, 0.29) is 11.8 Å². The first-order chi connectivity index (χ1) is 12.2. The number of hydrogen-bond acceptors (Lipinski definition) is 3. The zero-order chi connectivity index (χ0) is 17.2. The maximum atomic E-state index is 12.9. The number of carbonyl (C=O) groups is 2. The molecule has 0 radical (unpaired) electrons. The van der Waals surface area contributed by atoms with E-state index in [0.717, 1.165) is 23.2 Å². The number of ether oxygens (including phenoxy) is 1. The molecule has 5 heteroatoms. The van der Waals surface area contributed by atoms with E-state index in [2.05, 4.69) is 5.32 Å². The first-order valence-electron chi connectivity index (χ1n) is 8.59. The Hall–Kier alpha value is -2.66. The average molecular weight is 336 g/mol. The Morgan fingerprint density at radius 3 is 2.68 bits per heavy atom. The number of anilines is 1. The fourth-order valence-corrected chi connectivity index (χ4v) is 3.50. The fraction of sp³-hybridized carbons (Fsp3) is 0.300. The summed E-state index contributed by atoms with van der Waals surface area (Å²) in [6, 6.07) is 14.6. The van der Waals surface area contributed by atoms with Crippen LogP contribution in [0.25, 0.3) is 0 Å². The van der Waals surface area contributed by atoms with Crippen molar-refractivity contribution in [2.75, 3.05) is 11.9 Å². The molecule has 2 aromatic carbocycles. The molecule has 128 valence electrons. The number of rotatable bonds is 3. The van der Waals surface area contributed by atoms with Crippen molar-refractivity contribution < 1.29 is 14.3 Å². The van der Waals surface area contributed by atoms with Crippen LogP contribution in [-0.4, -0.2) is 29.3 Å². The van der Waals surface area contributed by atoms with Crippen LogP contribution in [0.4, 0.5) is 5.69 Å². The number of hydrogen-bond donors (Lipinski definition) is 1. The average Bonchev–Trinajstić information content (AvgIpc) is 3.30. The van der Waals surface area contributed by atoms with Crippen molar-refractivity contribution in [3.63, 3.8) is 0 Å². The second-order valence-corrected chi connectivity index (χ2v) is 6.49. The van der Waals surface area contributed by atoms with E-state index in [1.165, 1.54) is 0 Å². The molecule has 0 saturated carbocycles. The molecule has 1 saturated heterocycles. The zero-order valence-electron chi connectivity index (χ0n) is 13.9. The van der Waals surface area contributed by atoms with Crippen molar-refractivity contribution in [1.29, 1.82) is 0 Å². The first-order valence-corrected chi connectivity index (χ1v) is 8.59. The largest absolute Gasteiger partial charge is 0.372 e. The van der Waals surface area contributed by atoms with Crippen molar-refractivity contribution >= 4 is 17.5 Å². The first kappa shape index (κ1) is 15.8. The van der Waals surface area contributed by atoms with E-state index in [1.54, 1.807) is 4.90 Å². The van der Waals surface area contributed by atoms with Gasteiger partial charge in [-0.1, -0.05) is 24.3 Å². The molecular weight excluding hydrogens is 316 g/mol. The Morgan fingerprint density at radius 2 is 1.84 bits per heavy atom. The molecule has 1 fully saturated rings. The molecule has 1 unspecified atom stereocenters. The molecule has 25 heavy (non-hydrogen) atoms. The fourth-order valence-electron chi connectivity index (χ4n) is 3.50. The highest BCUT2D eigenvalue weighted by Crippen LogP contribution is 2.25. The minimum Gasteiger partial charge on any atom is -0.372 e. The van der Waals surface area contributed by atoms with E-state index in [1.807, 2.05) is 48.5 Å². The van der Waals surface area contributed by atoms with Gasteiger partial charge in [0.25, 0.3) is 5.91 Å². The Bertz CT molecular complexity index is 804. The van der Waals surface area contributed by atoms with Crippen molar-refractivity contribution in [3.05, 3.63) is 65.2 Å². The molecule has 2 amide bonds. The summed E-state index contributed by atoms with van der Waals surface area (Å²) in [5.74, 6) is -0.207. The van der Waals surface area contributed by atoms with Gasteiger partial charge in [-0.05, 0) is 48.2 Å². The summed E-state index contributed by atoms with van der Waals surface area (Å²) in [5.41, 5.74) is 3.58. The Kier molecular flexibility index (Phi) is 4.24. The number of nitrogens with zero attached hydrogens (tertiary/aromatic N) is 1. The molecule has 5 nitrogen and oxygen atoms in total. The van der Waals surface area contributed by atoms with Gasteiger partial charge in [-0.15, -0.1) is 0 Å². The van der Waals surface area contributed by atoms with Crippen LogP contribution in [0, 0.1) is 0 Å². The van der Waals surface area contributed by atoms with E-state index >= 15 is 0 Å². The van der Waals surface area contributed by atoms with Crippen LogP contribution in [0.3, 0.4) is 0 Å². The van der Waals surface area contributed by atoms with Crippen LogP contribution in [-0.2, 0) is 22.7 Å². The van der Waals surface area contributed by atoms with Crippen LogP contribution in [0.1, 0.15) is 34.3 Å². The topological polar surface area (TPSA) is 58.6 Å². The van der Waals surface area contributed by atoms with Gasteiger partial charge in [0.05, 0.1) is 13.2 Å². The second-order valence-electron chi connectivity index (χ2n) is 6.49. The minimum atomic E-state index is -0.419. The number of carbonyl (C=O) groups excluding carboxylic acids is 2. The van der Waals surface area contributed by atoms with Crippen molar-refractivity contribution in [2.45, 2.75) is 32.1 Å². The van der Waals surface area contributed by atoms with Crippen molar-refractivity contribution in [1.82, 2.24) is 4.90 Å². The second kappa shape index (κ2) is 6.69. The molecule has 1 atom stereocenters. The van der Waals surface area contributed by atoms with Gasteiger partial charge in [0.1, 0.15) is 6.04 Å². The van der Waals surface area contributed by atoms with E-state index in [9.17, 15) is 9.59 Å². The molecular formula is C20H20N2O3. The Balaban J connectivity index is 1.51. The molecule has 0 aromatic heterocycles. The molecule has 0 aliphatic carbocycles. The maximum Gasteiger partial charge on any atom is 0.254 e. The van der Waals surface area contributed by atoms with Gasteiger partial charge in [-0.25, -0.2) is 0 Å². The highest BCUT2D eigenvalue weighted by Gasteiger charge is 2.34. The molecule has 2 aromatic rings. The van der Waals surface area contributed by atoms with Crippen LogP contribution in [0.2, 0.25) is 0 Å². The monoisotopic (exact) mass is 336 g/mol.